The zero-order valence-electron chi connectivity index (χ0n) is 12.1. The number of rotatable bonds is 7. The summed E-state index contributed by atoms with van der Waals surface area (Å²) in [7, 11) is -3.26. The van der Waals surface area contributed by atoms with Gasteiger partial charge in [0.2, 0.25) is 0 Å². The highest BCUT2D eigenvalue weighted by molar-refractivity contribution is 7.89. The Balaban J connectivity index is 2.77. The van der Waals surface area contributed by atoms with Gasteiger partial charge in [0.1, 0.15) is 17.6 Å². The van der Waals surface area contributed by atoms with Crippen molar-refractivity contribution in [2.24, 2.45) is 5.92 Å². The van der Waals surface area contributed by atoms with Crippen LogP contribution in [0.4, 0.5) is 0 Å². The maximum atomic E-state index is 11.9. The summed E-state index contributed by atoms with van der Waals surface area (Å²) in [6.45, 7) is 3.69. The highest BCUT2D eigenvalue weighted by Crippen LogP contribution is 2.12. The van der Waals surface area contributed by atoms with E-state index in [1.165, 1.54) is 12.1 Å². The van der Waals surface area contributed by atoms with Crippen LogP contribution in [0, 0.1) is 5.92 Å². The molecule has 0 unspecified atom stereocenters. The van der Waals surface area contributed by atoms with Crippen molar-refractivity contribution in [3.63, 3.8) is 0 Å². The van der Waals surface area contributed by atoms with Gasteiger partial charge in [-0.3, -0.25) is 4.79 Å². The molecule has 1 rings (SSSR count). The van der Waals surface area contributed by atoms with Gasteiger partial charge in [0.25, 0.3) is 5.91 Å². The molecule has 0 saturated carbocycles. The van der Waals surface area contributed by atoms with E-state index in [4.69, 9.17) is 9.52 Å². The number of furan rings is 1. The number of carboxylic acids is 1. The minimum Gasteiger partial charge on any atom is -0.480 e. The molecule has 0 spiro atoms. The molecular weight excluding hydrogens is 298 g/mol. The van der Waals surface area contributed by atoms with Crippen LogP contribution in [0.25, 0.3) is 0 Å². The number of hydrogen-bond donors (Lipinski definition) is 2. The first-order chi connectivity index (χ1) is 9.58. The Labute approximate surface area is 123 Å². The largest absolute Gasteiger partial charge is 0.480 e. The van der Waals surface area contributed by atoms with Crippen LogP contribution in [0.2, 0.25) is 0 Å². The molecule has 0 saturated heterocycles. The highest BCUT2D eigenvalue weighted by atomic mass is 32.2. The van der Waals surface area contributed by atoms with Gasteiger partial charge >= 0.3 is 5.97 Å². The maximum Gasteiger partial charge on any atom is 0.326 e. The second kappa shape index (κ2) is 6.75. The number of sulfone groups is 1. The topological polar surface area (TPSA) is 114 Å². The zero-order chi connectivity index (χ0) is 16.2. The molecule has 0 aliphatic rings. The average molecular weight is 317 g/mol. The van der Waals surface area contributed by atoms with Crippen LogP contribution in [0.3, 0.4) is 0 Å². The lowest BCUT2D eigenvalue weighted by Gasteiger charge is -2.15. The lowest BCUT2D eigenvalue weighted by molar-refractivity contribution is -0.139. The van der Waals surface area contributed by atoms with Crippen molar-refractivity contribution in [1.29, 1.82) is 0 Å². The molecule has 1 aromatic rings. The van der Waals surface area contributed by atoms with Gasteiger partial charge in [-0.25, -0.2) is 13.2 Å². The Hall–Kier alpha value is -1.83. The molecule has 8 heteroatoms. The molecule has 2 N–H and O–H groups in total. The fourth-order valence-corrected chi connectivity index (χ4v) is 2.43. The zero-order valence-corrected chi connectivity index (χ0v) is 12.9. The van der Waals surface area contributed by atoms with Crippen LogP contribution in [-0.2, 0) is 20.4 Å². The molecule has 7 nitrogen and oxygen atoms in total. The van der Waals surface area contributed by atoms with E-state index in [0.717, 1.165) is 6.26 Å². The fourth-order valence-electron chi connectivity index (χ4n) is 1.76. The molecule has 1 amide bonds. The average Bonchev–Trinajstić information content (AvgIpc) is 2.73. The van der Waals surface area contributed by atoms with Gasteiger partial charge in [0.15, 0.2) is 15.6 Å². The number of carbonyl (C=O) groups excluding carboxylic acids is 1. The number of carboxylic acid groups (broad SMARTS) is 1. The third-order valence-corrected chi connectivity index (χ3v) is 3.41. The van der Waals surface area contributed by atoms with Crippen molar-refractivity contribution in [3.05, 3.63) is 23.7 Å². The number of amides is 1. The van der Waals surface area contributed by atoms with Crippen molar-refractivity contribution >= 4 is 21.7 Å². The Morgan fingerprint density at radius 1 is 1.33 bits per heavy atom. The predicted octanol–water partition coefficient (Wildman–Crippen LogP) is 1.05. The summed E-state index contributed by atoms with van der Waals surface area (Å²) in [6, 6.07) is 1.69. The molecule has 0 aliphatic heterocycles. The van der Waals surface area contributed by atoms with E-state index in [1.807, 2.05) is 13.8 Å². The van der Waals surface area contributed by atoms with E-state index in [0.29, 0.717) is 0 Å². The molecule has 1 heterocycles. The van der Waals surface area contributed by atoms with Gasteiger partial charge in [0.05, 0.1) is 0 Å². The molecule has 21 heavy (non-hydrogen) atoms. The van der Waals surface area contributed by atoms with Gasteiger partial charge in [-0.05, 0) is 24.5 Å². The fraction of sp³-hybridized carbons (Fsp3) is 0.538. The summed E-state index contributed by atoms with van der Waals surface area (Å²) < 4.78 is 27.4. The normalized spacial score (nSPS) is 13.1. The lowest BCUT2D eigenvalue weighted by Crippen LogP contribution is -2.41. The first-order valence-electron chi connectivity index (χ1n) is 6.38. The number of hydrogen-bond acceptors (Lipinski definition) is 5. The van der Waals surface area contributed by atoms with Gasteiger partial charge in [0, 0.05) is 6.26 Å². The first-order valence-corrected chi connectivity index (χ1v) is 8.44. The van der Waals surface area contributed by atoms with Crippen LogP contribution in [0.1, 0.15) is 36.6 Å². The quantitative estimate of drug-likeness (QED) is 0.777. The maximum absolute atomic E-state index is 11.9. The molecular formula is C13H19NO6S. The molecule has 0 fully saturated rings. The molecule has 0 aliphatic carbocycles. The van der Waals surface area contributed by atoms with Crippen LogP contribution >= 0.6 is 0 Å². The third-order valence-electron chi connectivity index (χ3n) is 2.60. The summed E-state index contributed by atoms with van der Waals surface area (Å²) in [5.41, 5.74) is 0. The van der Waals surface area contributed by atoms with Crippen LogP contribution in [0.15, 0.2) is 16.5 Å². The number of carbonyl (C=O) groups is 2. The van der Waals surface area contributed by atoms with Crippen LogP contribution in [-0.4, -0.2) is 37.7 Å². The van der Waals surface area contributed by atoms with E-state index >= 15 is 0 Å². The predicted molar refractivity (Wildman–Crippen MR) is 75.6 cm³/mol. The smallest absolute Gasteiger partial charge is 0.326 e. The van der Waals surface area contributed by atoms with Crippen molar-refractivity contribution < 1.29 is 27.5 Å². The highest BCUT2D eigenvalue weighted by Gasteiger charge is 2.23. The van der Waals surface area contributed by atoms with E-state index in [2.05, 4.69) is 5.32 Å². The molecule has 1 atom stereocenters. The van der Waals surface area contributed by atoms with Crippen molar-refractivity contribution in [3.8, 4) is 0 Å². The van der Waals surface area contributed by atoms with Gasteiger partial charge in [-0.15, -0.1) is 0 Å². The Morgan fingerprint density at radius 3 is 2.43 bits per heavy atom. The van der Waals surface area contributed by atoms with Crippen molar-refractivity contribution in [2.75, 3.05) is 6.26 Å². The standard InChI is InChI=1S/C13H19NO6S/c1-8(2)6-10(13(16)17)14-12(15)11-5-4-9(20-11)7-21(3,18)19/h4-5,8,10H,6-7H2,1-3H3,(H,14,15)(H,16,17)/t10-/m0/s1. The monoisotopic (exact) mass is 317 g/mol. The molecule has 0 aromatic carbocycles. The number of nitrogens with one attached hydrogen (secondary N) is 1. The van der Waals surface area contributed by atoms with Gasteiger partial charge in [-0.1, -0.05) is 13.8 Å². The summed E-state index contributed by atoms with van der Waals surface area (Å²) in [6.07, 6.45) is 1.34. The van der Waals surface area contributed by atoms with E-state index in [1.54, 1.807) is 0 Å². The minimum absolute atomic E-state index is 0.101. The summed E-state index contributed by atoms with van der Waals surface area (Å²) in [5.74, 6) is -1.98. The second-order valence-corrected chi connectivity index (χ2v) is 7.47. The van der Waals surface area contributed by atoms with Gasteiger partial charge in [-0.2, -0.15) is 0 Å². The SMILES string of the molecule is CC(C)C[C@H](NC(=O)c1ccc(CS(C)(=O)=O)o1)C(=O)O. The Morgan fingerprint density at radius 2 is 1.95 bits per heavy atom. The molecule has 0 bridgehead atoms. The van der Waals surface area contributed by atoms with Crippen molar-refractivity contribution in [1.82, 2.24) is 5.32 Å². The van der Waals surface area contributed by atoms with Crippen LogP contribution < -0.4 is 5.32 Å². The lowest BCUT2D eigenvalue weighted by atomic mass is 10.0. The summed E-state index contributed by atoms with van der Waals surface area (Å²) in [5, 5.41) is 11.4. The molecule has 118 valence electrons. The van der Waals surface area contributed by atoms with E-state index in [9.17, 15) is 18.0 Å². The second-order valence-electron chi connectivity index (χ2n) is 5.33. The van der Waals surface area contributed by atoms with Crippen LogP contribution in [0.5, 0.6) is 0 Å². The molecule has 0 radical (unpaired) electrons. The Bertz CT molecular complexity index is 616. The Kier molecular flexibility index (Phi) is 5.54. The third kappa shape index (κ3) is 5.99. The van der Waals surface area contributed by atoms with E-state index in [-0.39, 0.29) is 29.6 Å². The summed E-state index contributed by atoms with van der Waals surface area (Å²) >= 11 is 0. The number of aliphatic carboxylic acids is 1. The van der Waals surface area contributed by atoms with Crippen molar-refractivity contribution in [2.45, 2.75) is 32.1 Å². The minimum atomic E-state index is -3.26. The first kappa shape index (κ1) is 17.2. The van der Waals surface area contributed by atoms with Gasteiger partial charge < -0.3 is 14.8 Å². The molecule has 1 aromatic heterocycles. The van der Waals surface area contributed by atoms with E-state index < -0.39 is 27.8 Å². The summed E-state index contributed by atoms with van der Waals surface area (Å²) in [4.78, 5) is 23.0.